The van der Waals surface area contributed by atoms with Crippen LogP contribution in [0.4, 0.5) is 0 Å². The van der Waals surface area contributed by atoms with Crippen LogP contribution in [0.3, 0.4) is 0 Å². The van der Waals surface area contributed by atoms with E-state index in [1.54, 1.807) is 11.1 Å². The van der Waals surface area contributed by atoms with Crippen molar-refractivity contribution in [3.05, 3.63) is 34.9 Å². The molecule has 0 aliphatic heterocycles. The topological polar surface area (TPSA) is 26.0 Å². The van der Waals surface area contributed by atoms with Gasteiger partial charge < -0.3 is 5.73 Å². The molecular formula is C13H17N. The quantitative estimate of drug-likeness (QED) is 0.716. The molecule has 2 atom stereocenters. The summed E-state index contributed by atoms with van der Waals surface area (Å²) >= 11 is 0. The highest BCUT2D eigenvalue weighted by Gasteiger charge is 2.56. The van der Waals surface area contributed by atoms with Crippen LogP contribution in [0.25, 0.3) is 0 Å². The van der Waals surface area contributed by atoms with E-state index in [4.69, 9.17) is 5.73 Å². The predicted octanol–water partition coefficient (Wildman–Crippen LogP) is 2.16. The van der Waals surface area contributed by atoms with Crippen LogP contribution in [0.15, 0.2) is 18.2 Å². The first kappa shape index (κ1) is 8.49. The lowest BCUT2D eigenvalue weighted by molar-refractivity contribution is 0.601. The predicted molar refractivity (Wildman–Crippen MR) is 58.3 cm³/mol. The second-order valence-electron chi connectivity index (χ2n) is 4.95. The second kappa shape index (κ2) is 2.60. The second-order valence-corrected chi connectivity index (χ2v) is 4.95. The monoisotopic (exact) mass is 187 g/mol. The summed E-state index contributed by atoms with van der Waals surface area (Å²) in [6.45, 7) is 3.05. The Kier molecular flexibility index (Phi) is 1.58. The van der Waals surface area contributed by atoms with Gasteiger partial charge in [-0.1, -0.05) is 23.8 Å². The van der Waals surface area contributed by atoms with Gasteiger partial charge in [-0.25, -0.2) is 0 Å². The molecule has 1 saturated carbocycles. The van der Waals surface area contributed by atoms with Gasteiger partial charge in [-0.2, -0.15) is 0 Å². The van der Waals surface area contributed by atoms with E-state index in [0.29, 0.717) is 5.41 Å². The molecule has 0 bridgehead atoms. The molecule has 14 heavy (non-hydrogen) atoms. The van der Waals surface area contributed by atoms with Crippen molar-refractivity contribution in [2.24, 2.45) is 11.7 Å². The van der Waals surface area contributed by atoms with Gasteiger partial charge in [0.1, 0.15) is 0 Å². The van der Waals surface area contributed by atoms with Gasteiger partial charge in [-0.3, -0.25) is 0 Å². The summed E-state index contributed by atoms with van der Waals surface area (Å²) in [5, 5.41) is 0. The highest BCUT2D eigenvalue weighted by molar-refractivity contribution is 5.46. The molecule has 74 valence electrons. The SMILES string of the molecule is Cc1ccc2c(c1)CCC21CC1CN. The number of hydrogen-bond donors (Lipinski definition) is 1. The Morgan fingerprint density at radius 3 is 3.07 bits per heavy atom. The zero-order valence-electron chi connectivity index (χ0n) is 8.72. The molecule has 0 amide bonds. The number of hydrogen-bond acceptors (Lipinski definition) is 1. The number of nitrogens with two attached hydrogens (primary N) is 1. The van der Waals surface area contributed by atoms with Gasteiger partial charge in [0.25, 0.3) is 0 Å². The van der Waals surface area contributed by atoms with E-state index in [1.807, 2.05) is 0 Å². The maximum absolute atomic E-state index is 5.78. The Labute approximate surface area is 85.3 Å². The highest BCUT2D eigenvalue weighted by Crippen LogP contribution is 2.60. The van der Waals surface area contributed by atoms with Gasteiger partial charge in [0.2, 0.25) is 0 Å². The Hall–Kier alpha value is -0.820. The molecule has 2 aliphatic rings. The summed E-state index contributed by atoms with van der Waals surface area (Å²) in [5.41, 5.74) is 10.9. The van der Waals surface area contributed by atoms with Crippen molar-refractivity contribution in [2.45, 2.75) is 31.6 Å². The number of benzene rings is 1. The fourth-order valence-corrected chi connectivity index (χ4v) is 3.23. The zero-order valence-corrected chi connectivity index (χ0v) is 8.72. The first-order valence-corrected chi connectivity index (χ1v) is 5.56. The molecule has 1 nitrogen and oxygen atoms in total. The third-order valence-electron chi connectivity index (χ3n) is 4.15. The van der Waals surface area contributed by atoms with E-state index in [2.05, 4.69) is 25.1 Å². The largest absolute Gasteiger partial charge is 0.330 e. The van der Waals surface area contributed by atoms with E-state index in [9.17, 15) is 0 Å². The van der Waals surface area contributed by atoms with E-state index >= 15 is 0 Å². The van der Waals surface area contributed by atoms with Gasteiger partial charge in [0.05, 0.1) is 0 Å². The first-order chi connectivity index (χ1) is 6.76. The van der Waals surface area contributed by atoms with Crippen molar-refractivity contribution in [1.82, 2.24) is 0 Å². The molecule has 2 unspecified atom stereocenters. The van der Waals surface area contributed by atoms with Crippen LogP contribution in [-0.4, -0.2) is 6.54 Å². The van der Waals surface area contributed by atoms with Crippen LogP contribution in [0.2, 0.25) is 0 Å². The summed E-state index contributed by atoms with van der Waals surface area (Å²) in [6.07, 6.45) is 3.95. The van der Waals surface area contributed by atoms with Crippen molar-refractivity contribution < 1.29 is 0 Å². The summed E-state index contributed by atoms with van der Waals surface area (Å²) in [4.78, 5) is 0. The maximum atomic E-state index is 5.78. The van der Waals surface area contributed by atoms with Gasteiger partial charge in [-0.05, 0) is 49.8 Å². The van der Waals surface area contributed by atoms with Gasteiger partial charge in [-0.15, -0.1) is 0 Å². The van der Waals surface area contributed by atoms with Crippen LogP contribution < -0.4 is 5.73 Å². The highest BCUT2D eigenvalue weighted by atomic mass is 14.7. The van der Waals surface area contributed by atoms with Crippen LogP contribution in [0, 0.1) is 12.8 Å². The lowest BCUT2D eigenvalue weighted by Gasteiger charge is -2.10. The van der Waals surface area contributed by atoms with Crippen molar-refractivity contribution in [2.75, 3.05) is 6.54 Å². The molecule has 2 aliphatic carbocycles. The Bertz CT molecular complexity index is 383. The number of rotatable bonds is 1. The van der Waals surface area contributed by atoms with Crippen LogP contribution in [0.5, 0.6) is 0 Å². The summed E-state index contributed by atoms with van der Waals surface area (Å²) in [5.74, 6) is 0.770. The van der Waals surface area contributed by atoms with Crippen molar-refractivity contribution in [3.8, 4) is 0 Å². The van der Waals surface area contributed by atoms with E-state index in [0.717, 1.165) is 12.5 Å². The zero-order chi connectivity index (χ0) is 9.76. The average Bonchev–Trinajstić information content (AvgIpc) is 2.78. The average molecular weight is 187 g/mol. The van der Waals surface area contributed by atoms with Gasteiger partial charge >= 0.3 is 0 Å². The molecule has 1 aromatic rings. The minimum atomic E-state index is 0.512. The minimum Gasteiger partial charge on any atom is -0.330 e. The van der Waals surface area contributed by atoms with E-state index in [1.165, 1.54) is 24.8 Å². The van der Waals surface area contributed by atoms with E-state index < -0.39 is 0 Å². The molecule has 2 N–H and O–H groups in total. The minimum absolute atomic E-state index is 0.512. The van der Waals surface area contributed by atoms with Crippen molar-refractivity contribution in [3.63, 3.8) is 0 Å². The third kappa shape index (κ3) is 0.936. The molecule has 1 heteroatoms. The number of aryl methyl sites for hydroxylation is 2. The van der Waals surface area contributed by atoms with Crippen molar-refractivity contribution in [1.29, 1.82) is 0 Å². The smallest absolute Gasteiger partial charge is 0.000288 e. The molecule has 0 saturated heterocycles. The molecular weight excluding hydrogens is 170 g/mol. The molecule has 0 heterocycles. The van der Waals surface area contributed by atoms with Crippen LogP contribution in [-0.2, 0) is 11.8 Å². The van der Waals surface area contributed by atoms with Crippen molar-refractivity contribution >= 4 is 0 Å². The van der Waals surface area contributed by atoms with Gasteiger partial charge in [0, 0.05) is 5.41 Å². The molecule has 0 radical (unpaired) electrons. The first-order valence-electron chi connectivity index (χ1n) is 5.56. The summed E-state index contributed by atoms with van der Waals surface area (Å²) in [6, 6.07) is 6.95. The number of fused-ring (bicyclic) bond motifs is 2. The van der Waals surface area contributed by atoms with Crippen LogP contribution in [0.1, 0.15) is 29.5 Å². The molecule has 1 spiro atoms. The van der Waals surface area contributed by atoms with Gasteiger partial charge in [0.15, 0.2) is 0 Å². The Morgan fingerprint density at radius 1 is 1.50 bits per heavy atom. The molecule has 1 fully saturated rings. The fraction of sp³-hybridized carbons (Fsp3) is 0.538. The standard InChI is InChI=1S/C13H17N/c1-9-2-3-12-10(6-9)4-5-13(12)7-11(13)8-14/h2-3,6,11H,4-5,7-8,14H2,1H3. The normalized spacial score (nSPS) is 33.4. The van der Waals surface area contributed by atoms with Crippen LogP contribution >= 0.6 is 0 Å². The molecule has 3 rings (SSSR count). The fourth-order valence-electron chi connectivity index (χ4n) is 3.23. The van der Waals surface area contributed by atoms with E-state index in [-0.39, 0.29) is 0 Å². The molecule has 1 aromatic carbocycles. The summed E-state index contributed by atoms with van der Waals surface area (Å²) in [7, 11) is 0. The summed E-state index contributed by atoms with van der Waals surface area (Å²) < 4.78 is 0. The molecule has 0 aromatic heterocycles. The maximum Gasteiger partial charge on any atom is 0.000288 e. The Morgan fingerprint density at radius 2 is 2.36 bits per heavy atom. The Balaban J connectivity index is 2.04. The lowest BCUT2D eigenvalue weighted by atomic mass is 9.95. The third-order valence-corrected chi connectivity index (χ3v) is 4.15. The lowest BCUT2D eigenvalue weighted by Crippen LogP contribution is -2.12.